The van der Waals surface area contributed by atoms with Crippen LogP contribution in [-0.4, -0.2) is 24.0 Å². The zero-order chi connectivity index (χ0) is 18.5. The number of thiophene rings is 1. The SMILES string of the molecule is COC(=O)c1ccc(CCC(=O)Nc2nc(-c3ccc(C)s3)cs2)cc1. The van der Waals surface area contributed by atoms with Gasteiger partial charge in [0.15, 0.2) is 5.13 Å². The molecule has 2 aromatic heterocycles. The van der Waals surface area contributed by atoms with Crippen LogP contribution in [0, 0.1) is 6.92 Å². The molecule has 0 radical (unpaired) electrons. The molecule has 0 spiro atoms. The number of aromatic nitrogens is 1. The zero-order valence-electron chi connectivity index (χ0n) is 14.4. The van der Waals surface area contributed by atoms with Crippen LogP contribution in [0.1, 0.15) is 27.2 Å². The Morgan fingerprint density at radius 2 is 1.92 bits per heavy atom. The van der Waals surface area contributed by atoms with E-state index >= 15 is 0 Å². The van der Waals surface area contributed by atoms with Crippen molar-refractivity contribution in [3.05, 3.63) is 57.8 Å². The highest BCUT2D eigenvalue weighted by molar-refractivity contribution is 7.17. The molecule has 7 heteroatoms. The number of esters is 1. The summed E-state index contributed by atoms with van der Waals surface area (Å²) in [7, 11) is 1.35. The van der Waals surface area contributed by atoms with E-state index < -0.39 is 0 Å². The van der Waals surface area contributed by atoms with Crippen LogP contribution in [0.15, 0.2) is 41.8 Å². The number of carbonyl (C=O) groups excluding carboxylic acids is 2. The van der Waals surface area contributed by atoms with Crippen LogP contribution in [0.4, 0.5) is 5.13 Å². The first kappa shape index (κ1) is 18.3. The molecule has 134 valence electrons. The summed E-state index contributed by atoms with van der Waals surface area (Å²) in [5.41, 5.74) is 2.38. The molecule has 0 bridgehead atoms. The fourth-order valence-corrected chi connectivity index (χ4v) is 4.01. The summed E-state index contributed by atoms with van der Waals surface area (Å²) < 4.78 is 4.67. The number of hydrogen-bond acceptors (Lipinski definition) is 6. The van der Waals surface area contributed by atoms with Gasteiger partial charge in [0, 0.05) is 16.7 Å². The van der Waals surface area contributed by atoms with Crippen LogP contribution >= 0.6 is 22.7 Å². The summed E-state index contributed by atoms with van der Waals surface area (Å²) in [6.07, 6.45) is 0.945. The molecule has 2 heterocycles. The summed E-state index contributed by atoms with van der Waals surface area (Å²) in [5.74, 6) is -0.444. The van der Waals surface area contributed by atoms with Gasteiger partial charge in [-0.1, -0.05) is 12.1 Å². The van der Waals surface area contributed by atoms with Crippen molar-refractivity contribution in [3.8, 4) is 10.6 Å². The molecule has 1 N–H and O–H groups in total. The summed E-state index contributed by atoms with van der Waals surface area (Å²) in [6.45, 7) is 2.06. The van der Waals surface area contributed by atoms with Gasteiger partial charge in [0.25, 0.3) is 0 Å². The maximum absolute atomic E-state index is 12.1. The van der Waals surface area contributed by atoms with Crippen LogP contribution in [0.3, 0.4) is 0 Å². The molecule has 0 saturated heterocycles. The van der Waals surface area contributed by atoms with Crippen LogP contribution in [0.2, 0.25) is 0 Å². The summed E-state index contributed by atoms with van der Waals surface area (Å²) in [4.78, 5) is 30.4. The minimum absolute atomic E-state index is 0.0784. The van der Waals surface area contributed by atoms with E-state index in [4.69, 9.17) is 0 Å². The lowest BCUT2D eigenvalue weighted by molar-refractivity contribution is -0.116. The van der Waals surface area contributed by atoms with Gasteiger partial charge in [-0.25, -0.2) is 9.78 Å². The van der Waals surface area contributed by atoms with Gasteiger partial charge < -0.3 is 10.1 Å². The number of rotatable bonds is 6. The Kier molecular flexibility index (Phi) is 5.80. The summed E-state index contributed by atoms with van der Waals surface area (Å²) >= 11 is 3.11. The van der Waals surface area contributed by atoms with E-state index in [9.17, 15) is 9.59 Å². The Bertz CT molecular complexity index is 913. The average molecular weight is 386 g/mol. The molecule has 3 rings (SSSR count). The number of thiazole rings is 1. The number of nitrogens with one attached hydrogen (secondary N) is 1. The molecule has 0 saturated carbocycles. The predicted octanol–water partition coefficient (Wildman–Crippen LogP) is 4.54. The van der Waals surface area contributed by atoms with Crippen LogP contribution in [0.25, 0.3) is 10.6 Å². The number of carbonyl (C=O) groups is 2. The van der Waals surface area contributed by atoms with E-state index in [0.29, 0.717) is 23.5 Å². The van der Waals surface area contributed by atoms with Crippen LogP contribution in [0.5, 0.6) is 0 Å². The van der Waals surface area contributed by atoms with Gasteiger partial charge in [0.05, 0.1) is 23.2 Å². The van der Waals surface area contributed by atoms with Gasteiger partial charge in [-0.05, 0) is 43.2 Å². The maximum Gasteiger partial charge on any atom is 0.337 e. The molecular formula is C19H18N2O3S2. The van der Waals surface area contributed by atoms with Crippen molar-refractivity contribution in [1.29, 1.82) is 0 Å². The van der Waals surface area contributed by atoms with Gasteiger partial charge in [-0.2, -0.15) is 0 Å². The zero-order valence-corrected chi connectivity index (χ0v) is 16.1. The Labute approximate surface area is 159 Å². The largest absolute Gasteiger partial charge is 0.465 e. The molecule has 0 fully saturated rings. The lowest BCUT2D eigenvalue weighted by Gasteiger charge is -2.04. The standard InChI is InChI=1S/C19H18N2O3S2/c1-12-3-9-16(26-12)15-11-25-19(20-15)21-17(22)10-6-13-4-7-14(8-5-13)18(23)24-2/h3-5,7-9,11H,6,10H2,1-2H3,(H,20,21,22). The van der Waals surface area contributed by atoms with E-state index in [1.165, 1.54) is 23.3 Å². The average Bonchev–Trinajstić information content (AvgIpc) is 3.28. The number of amides is 1. The third-order valence-electron chi connectivity index (χ3n) is 3.76. The lowest BCUT2D eigenvalue weighted by Crippen LogP contribution is -2.12. The van der Waals surface area contributed by atoms with Gasteiger partial charge >= 0.3 is 5.97 Å². The molecule has 0 aliphatic heterocycles. The van der Waals surface area contributed by atoms with Gasteiger partial charge in [0.1, 0.15) is 0 Å². The van der Waals surface area contributed by atoms with Crippen molar-refractivity contribution in [1.82, 2.24) is 4.98 Å². The fourth-order valence-electron chi connectivity index (χ4n) is 2.38. The molecule has 1 aromatic carbocycles. The second-order valence-corrected chi connectivity index (χ2v) is 7.83. The normalized spacial score (nSPS) is 10.5. The number of aryl methyl sites for hydroxylation is 2. The Balaban J connectivity index is 1.53. The monoisotopic (exact) mass is 386 g/mol. The van der Waals surface area contributed by atoms with Crippen molar-refractivity contribution >= 4 is 39.7 Å². The highest BCUT2D eigenvalue weighted by atomic mass is 32.1. The smallest absolute Gasteiger partial charge is 0.337 e. The van der Waals surface area contributed by atoms with Crippen molar-refractivity contribution in [3.63, 3.8) is 0 Å². The summed E-state index contributed by atoms with van der Waals surface area (Å²) in [5, 5.41) is 5.41. The van der Waals surface area contributed by atoms with Crippen molar-refractivity contribution in [2.45, 2.75) is 19.8 Å². The van der Waals surface area contributed by atoms with Crippen molar-refractivity contribution in [2.24, 2.45) is 0 Å². The van der Waals surface area contributed by atoms with Gasteiger partial charge in [-0.15, -0.1) is 22.7 Å². The van der Waals surface area contributed by atoms with Crippen molar-refractivity contribution < 1.29 is 14.3 Å². The Hall–Kier alpha value is -2.51. The minimum Gasteiger partial charge on any atom is -0.465 e. The van der Waals surface area contributed by atoms with E-state index in [1.807, 2.05) is 23.6 Å². The number of ether oxygens (including phenoxy) is 1. The third kappa shape index (κ3) is 4.56. The predicted molar refractivity (Wildman–Crippen MR) is 105 cm³/mol. The lowest BCUT2D eigenvalue weighted by atomic mass is 10.1. The first-order valence-electron chi connectivity index (χ1n) is 8.04. The number of nitrogens with zero attached hydrogens (tertiary/aromatic N) is 1. The molecule has 26 heavy (non-hydrogen) atoms. The molecule has 5 nitrogen and oxygen atoms in total. The van der Waals surface area contributed by atoms with E-state index in [0.717, 1.165) is 16.1 Å². The molecule has 0 aliphatic carbocycles. The van der Waals surface area contributed by atoms with Gasteiger partial charge in [-0.3, -0.25) is 4.79 Å². The fraction of sp³-hybridized carbons (Fsp3) is 0.211. The number of methoxy groups -OCH3 is 1. The van der Waals surface area contributed by atoms with Crippen molar-refractivity contribution in [2.75, 3.05) is 12.4 Å². The first-order valence-corrected chi connectivity index (χ1v) is 9.74. The molecule has 0 unspecified atom stereocenters. The third-order valence-corrected chi connectivity index (χ3v) is 5.54. The Morgan fingerprint density at radius 1 is 1.15 bits per heavy atom. The molecule has 3 aromatic rings. The van der Waals surface area contributed by atoms with E-state index in [1.54, 1.807) is 23.5 Å². The number of benzene rings is 1. The topological polar surface area (TPSA) is 68.3 Å². The maximum atomic E-state index is 12.1. The second-order valence-electron chi connectivity index (χ2n) is 5.68. The number of anilines is 1. The summed E-state index contributed by atoms with van der Waals surface area (Å²) in [6, 6.07) is 11.2. The molecule has 0 aliphatic rings. The van der Waals surface area contributed by atoms with Crippen LogP contribution in [-0.2, 0) is 16.0 Å². The molecule has 0 atom stereocenters. The van der Waals surface area contributed by atoms with Gasteiger partial charge in [0.2, 0.25) is 5.91 Å². The Morgan fingerprint density at radius 3 is 2.58 bits per heavy atom. The second kappa shape index (κ2) is 8.25. The highest BCUT2D eigenvalue weighted by Crippen LogP contribution is 2.30. The van der Waals surface area contributed by atoms with E-state index in [-0.39, 0.29) is 11.9 Å². The first-order chi connectivity index (χ1) is 12.5. The van der Waals surface area contributed by atoms with Crippen LogP contribution < -0.4 is 5.32 Å². The molecule has 1 amide bonds. The highest BCUT2D eigenvalue weighted by Gasteiger charge is 2.10. The van der Waals surface area contributed by atoms with E-state index in [2.05, 4.69) is 28.0 Å². The number of hydrogen-bond donors (Lipinski definition) is 1. The quantitative estimate of drug-likeness (QED) is 0.632. The molecular weight excluding hydrogens is 368 g/mol. The minimum atomic E-state index is -0.366.